The van der Waals surface area contributed by atoms with Crippen LogP contribution in [0.25, 0.3) is 21.5 Å². The molecule has 0 fully saturated rings. The van der Waals surface area contributed by atoms with Gasteiger partial charge in [0.15, 0.2) is 0 Å². The molecule has 6 nitrogen and oxygen atoms in total. The molecule has 240 valence electrons. The zero-order valence-electron chi connectivity index (χ0n) is 26.8. The van der Waals surface area contributed by atoms with Gasteiger partial charge in [-0.15, -0.1) is 0 Å². The molecule has 0 saturated heterocycles. The molecule has 0 radical (unpaired) electrons. The Morgan fingerprint density at radius 2 is 0.756 bits per heavy atom. The maximum atomic E-state index is 11.4. The molecule has 4 aromatic rings. The molecule has 4 rings (SSSR count). The van der Waals surface area contributed by atoms with E-state index in [-0.39, 0.29) is 47.5 Å². The number of fused-ring (bicyclic) bond motifs is 2. The molecule has 0 unspecified atom stereocenters. The number of hydrogen-bond donors (Lipinski definition) is 0. The summed E-state index contributed by atoms with van der Waals surface area (Å²) in [7, 11) is -8.86. The zero-order chi connectivity index (χ0) is 32.0. The summed E-state index contributed by atoms with van der Waals surface area (Å²) in [6.45, 7) is 4.41. The monoisotopic (exact) mass is 678 g/mol. The first-order chi connectivity index (χ1) is 21.1. The van der Waals surface area contributed by atoms with Crippen molar-refractivity contribution in [1.29, 1.82) is 0 Å². The third-order valence-electron chi connectivity index (χ3n) is 8.09. The first-order valence-corrected chi connectivity index (χ1v) is 18.8. The quantitative estimate of drug-likeness (QED) is 0.0664. The van der Waals surface area contributed by atoms with E-state index in [9.17, 15) is 25.9 Å². The van der Waals surface area contributed by atoms with Crippen molar-refractivity contribution in [2.24, 2.45) is 0 Å². The van der Waals surface area contributed by atoms with Gasteiger partial charge in [-0.3, -0.25) is 0 Å². The van der Waals surface area contributed by atoms with Crippen LogP contribution in [0.2, 0.25) is 0 Å². The van der Waals surface area contributed by atoms with Crippen molar-refractivity contribution >= 4 is 79.5 Å². The third-order valence-corrected chi connectivity index (χ3v) is 9.88. The summed E-state index contributed by atoms with van der Waals surface area (Å²) in [5.41, 5.74) is 2.25. The van der Waals surface area contributed by atoms with Gasteiger partial charge in [0.05, 0.1) is 9.79 Å². The smallest absolute Gasteiger partial charge is 0.744 e. The van der Waals surface area contributed by atoms with E-state index in [4.69, 9.17) is 0 Å². The fraction of sp³-hybridized carbons (Fsp3) is 0.444. The van der Waals surface area contributed by atoms with Crippen LogP contribution in [0.5, 0.6) is 0 Å². The molecule has 4 aromatic carbocycles. The van der Waals surface area contributed by atoms with Gasteiger partial charge in [0.1, 0.15) is 20.2 Å². The summed E-state index contributed by atoms with van der Waals surface area (Å²) in [6, 6.07) is 21.0. The summed E-state index contributed by atoms with van der Waals surface area (Å²) in [5.74, 6) is 0. The van der Waals surface area contributed by atoms with Crippen molar-refractivity contribution in [2.75, 3.05) is 0 Å². The molecule has 0 spiro atoms. The van der Waals surface area contributed by atoms with Gasteiger partial charge in [-0.2, -0.15) is 0 Å². The molecule has 0 saturated carbocycles. The van der Waals surface area contributed by atoms with E-state index in [1.54, 1.807) is 36.4 Å². The second kappa shape index (κ2) is 20.0. The van der Waals surface area contributed by atoms with Crippen LogP contribution in [0.1, 0.15) is 102 Å². The van der Waals surface area contributed by atoms with Gasteiger partial charge in [0.2, 0.25) is 0 Å². The minimum absolute atomic E-state index is 0. The maximum absolute atomic E-state index is 11.4. The predicted octanol–water partition coefficient (Wildman–Crippen LogP) is 8.91. The van der Waals surface area contributed by atoms with Crippen molar-refractivity contribution in [3.8, 4) is 0 Å². The van der Waals surface area contributed by atoms with Crippen molar-refractivity contribution in [3.05, 3.63) is 83.9 Å². The number of benzene rings is 4. The summed E-state index contributed by atoms with van der Waals surface area (Å²) in [5, 5.41) is 2.85. The normalized spacial score (nSPS) is 11.6. The van der Waals surface area contributed by atoms with Gasteiger partial charge in [-0.25, -0.2) is 16.8 Å². The minimum Gasteiger partial charge on any atom is -0.744 e. The van der Waals surface area contributed by atoms with Crippen LogP contribution < -0.4 is 0 Å². The molecule has 0 atom stereocenters. The van der Waals surface area contributed by atoms with Crippen LogP contribution >= 0.6 is 0 Å². The average molecular weight is 679 g/mol. The summed E-state index contributed by atoms with van der Waals surface area (Å²) in [6.07, 6.45) is 16.5. The fourth-order valence-corrected chi connectivity index (χ4v) is 7.10. The van der Waals surface area contributed by atoms with Gasteiger partial charge in [0, 0.05) is 0 Å². The molecular weight excluding hydrogens is 633 g/mol. The minimum atomic E-state index is -4.43. The molecule has 0 aliphatic rings. The van der Waals surface area contributed by atoms with Crippen LogP contribution in [0, 0.1) is 0 Å². The van der Waals surface area contributed by atoms with Crippen LogP contribution in [0.3, 0.4) is 0 Å². The van der Waals surface area contributed by atoms with Crippen LogP contribution in [0.15, 0.2) is 82.6 Å². The molecule has 0 aromatic heterocycles. The van der Waals surface area contributed by atoms with Crippen molar-refractivity contribution in [1.82, 2.24) is 0 Å². The van der Waals surface area contributed by atoms with Crippen LogP contribution in [-0.2, 0) is 33.1 Å². The number of rotatable bonds is 16. The molecule has 0 amide bonds. The Balaban J connectivity index is 0.000000307. The molecule has 45 heavy (non-hydrogen) atoms. The van der Waals surface area contributed by atoms with E-state index in [1.807, 2.05) is 24.3 Å². The van der Waals surface area contributed by atoms with Crippen LogP contribution in [-0.4, -0.2) is 63.7 Å². The van der Waals surface area contributed by atoms with Gasteiger partial charge in [-0.05, 0) is 70.5 Å². The van der Waals surface area contributed by atoms with Crippen molar-refractivity contribution < 1.29 is 25.9 Å². The van der Waals surface area contributed by atoms with Crippen molar-refractivity contribution in [3.63, 3.8) is 0 Å². The second-order valence-corrected chi connectivity index (χ2v) is 14.2. The molecule has 0 aliphatic heterocycles. The first-order valence-electron chi connectivity index (χ1n) is 16.0. The molecule has 0 heterocycles. The molecule has 0 bridgehead atoms. The Kier molecular flexibility index (Phi) is 17.6. The number of hydrogen-bond acceptors (Lipinski definition) is 6. The first kappa shape index (κ1) is 39.7. The Hall–Kier alpha value is -1.52. The Bertz CT molecular complexity index is 1570. The largest absolute Gasteiger partial charge is 2.00 e. The molecule has 0 aliphatic carbocycles. The van der Waals surface area contributed by atoms with Gasteiger partial charge >= 0.3 is 37.7 Å². The van der Waals surface area contributed by atoms with E-state index in [0.29, 0.717) is 10.8 Å². The van der Waals surface area contributed by atoms with E-state index in [2.05, 4.69) is 13.8 Å². The Morgan fingerprint density at radius 3 is 1.09 bits per heavy atom. The van der Waals surface area contributed by atoms with E-state index in [1.165, 1.54) is 76.3 Å². The third kappa shape index (κ3) is 12.5. The topological polar surface area (TPSA) is 114 Å². The van der Waals surface area contributed by atoms with Gasteiger partial charge < -0.3 is 9.11 Å². The van der Waals surface area contributed by atoms with Crippen molar-refractivity contribution in [2.45, 2.75) is 114 Å². The average Bonchev–Trinajstić information content (AvgIpc) is 2.99. The molecule has 9 heteroatoms. The molecule has 0 N–H and O–H groups in total. The van der Waals surface area contributed by atoms with E-state index in [0.717, 1.165) is 47.6 Å². The predicted molar refractivity (Wildman–Crippen MR) is 184 cm³/mol. The fourth-order valence-electron chi connectivity index (χ4n) is 5.73. The van der Waals surface area contributed by atoms with E-state index >= 15 is 0 Å². The SMILES string of the molecule is CCCCCCCCc1ccc(S(=O)(=O)[O-])c2ccccc12.CCCCCCCCc1ccc(S(=O)(=O)[O-])c2ccccc12.[Ca+2]. The Labute approximate surface area is 300 Å². The summed E-state index contributed by atoms with van der Waals surface area (Å²) in [4.78, 5) is -0.232. The van der Waals surface area contributed by atoms with E-state index < -0.39 is 20.2 Å². The number of aryl methyl sites for hydroxylation is 2. The zero-order valence-corrected chi connectivity index (χ0v) is 30.6. The maximum Gasteiger partial charge on any atom is 2.00 e. The number of unbranched alkanes of at least 4 members (excludes halogenated alkanes) is 10. The van der Waals surface area contributed by atoms with Crippen LogP contribution in [0.4, 0.5) is 0 Å². The van der Waals surface area contributed by atoms with Gasteiger partial charge in [-0.1, -0.05) is 139 Å². The van der Waals surface area contributed by atoms with Gasteiger partial charge in [0.25, 0.3) is 0 Å². The summed E-state index contributed by atoms with van der Waals surface area (Å²) >= 11 is 0. The summed E-state index contributed by atoms with van der Waals surface area (Å²) < 4.78 is 68.2. The standard InChI is InChI=1S/2C18H24O3S.Ca/c2*1-2-3-4-5-6-7-10-15-13-14-18(22(19,20)21)17-12-9-8-11-16(15)17;/h2*8-9,11-14H,2-7,10H2,1H3,(H,19,20,21);/q;;+2/p-2. The second-order valence-electron chi connectivity index (χ2n) is 11.5. The molecular formula is C36H46CaO6S2. The Morgan fingerprint density at radius 1 is 0.444 bits per heavy atom.